The Bertz CT molecular complexity index is 510. The van der Waals surface area contributed by atoms with Crippen LogP contribution in [0.4, 0.5) is 4.39 Å². The number of nitrogens with zero attached hydrogens (tertiary/aromatic N) is 1. The fourth-order valence-electron chi connectivity index (χ4n) is 2.95. The van der Waals surface area contributed by atoms with E-state index in [1.807, 2.05) is 0 Å². The lowest BCUT2D eigenvalue weighted by atomic mass is 9.74. The van der Waals surface area contributed by atoms with E-state index < -0.39 is 17.2 Å². The first-order valence-corrected chi connectivity index (χ1v) is 7.23. The zero-order valence-corrected chi connectivity index (χ0v) is 12.5. The van der Waals surface area contributed by atoms with Gasteiger partial charge in [0.15, 0.2) is 0 Å². The standard InChI is InChI=1S/C16H22FNO3/c1-16(2,15(20)21)12-4-3-5-18(10-12)9-11-6-13(17)8-14(19)7-11/h6-8,12,19H,3-5,9-10H2,1-2H3,(H,20,21). The number of rotatable bonds is 4. The highest BCUT2D eigenvalue weighted by atomic mass is 19.1. The highest BCUT2D eigenvalue weighted by molar-refractivity contribution is 5.74. The number of likely N-dealkylation sites (tertiary alicyclic amines) is 1. The smallest absolute Gasteiger partial charge is 0.309 e. The van der Waals surface area contributed by atoms with Gasteiger partial charge in [0.05, 0.1) is 5.41 Å². The van der Waals surface area contributed by atoms with Gasteiger partial charge in [-0.05, 0) is 56.8 Å². The SMILES string of the molecule is CC(C)(C(=O)O)C1CCCN(Cc2cc(O)cc(F)c2)C1. The summed E-state index contributed by atoms with van der Waals surface area (Å²) >= 11 is 0. The molecule has 1 saturated heterocycles. The highest BCUT2D eigenvalue weighted by Gasteiger charge is 2.38. The third kappa shape index (κ3) is 3.73. The van der Waals surface area contributed by atoms with Gasteiger partial charge in [0.1, 0.15) is 11.6 Å². The third-order valence-electron chi connectivity index (χ3n) is 4.43. The van der Waals surface area contributed by atoms with Gasteiger partial charge in [-0.1, -0.05) is 0 Å². The van der Waals surface area contributed by atoms with Gasteiger partial charge in [0, 0.05) is 19.2 Å². The second-order valence-corrected chi connectivity index (χ2v) is 6.42. The Labute approximate surface area is 124 Å². The number of carboxylic acid groups (broad SMARTS) is 1. The van der Waals surface area contributed by atoms with E-state index in [0.717, 1.165) is 25.5 Å². The Balaban J connectivity index is 2.06. The lowest BCUT2D eigenvalue weighted by molar-refractivity contribution is -0.151. The Morgan fingerprint density at radius 3 is 2.76 bits per heavy atom. The molecule has 0 aliphatic carbocycles. The first-order valence-electron chi connectivity index (χ1n) is 7.23. The molecule has 5 heteroatoms. The van der Waals surface area contributed by atoms with Gasteiger partial charge >= 0.3 is 5.97 Å². The van der Waals surface area contributed by atoms with Crippen LogP contribution in [0.3, 0.4) is 0 Å². The molecule has 1 aromatic rings. The van der Waals surface area contributed by atoms with Gasteiger partial charge in [0.25, 0.3) is 0 Å². The van der Waals surface area contributed by atoms with Crippen molar-refractivity contribution in [2.75, 3.05) is 13.1 Å². The van der Waals surface area contributed by atoms with Crippen molar-refractivity contribution < 1.29 is 19.4 Å². The Morgan fingerprint density at radius 2 is 2.14 bits per heavy atom. The Kier molecular flexibility index (Phi) is 4.52. The summed E-state index contributed by atoms with van der Waals surface area (Å²) in [5, 5.41) is 18.8. The van der Waals surface area contributed by atoms with Crippen LogP contribution in [0.1, 0.15) is 32.3 Å². The Hall–Kier alpha value is -1.62. The number of phenolic OH excluding ortho intramolecular Hbond substituents is 1. The molecule has 0 aromatic heterocycles. The van der Waals surface area contributed by atoms with Crippen LogP contribution in [0.15, 0.2) is 18.2 Å². The molecule has 0 spiro atoms. The molecule has 0 bridgehead atoms. The molecule has 0 saturated carbocycles. The van der Waals surface area contributed by atoms with E-state index >= 15 is 0 Å². The molecule has 1 aliphatic rings. The molecular formula is C16H22FNO3. The lowest BCUT2D eigenvalue weighted by Gasteiger charge is -2.39. The summed E-state index contributed by atoms with van der Waals surface area (Å²) in [6, 6.07) is 4.04. The molecule has 116 valence electrons. The van der Waals surface area contributed by atoms with Crippen molar-refractivity contribution in [1.29, 1.82) is 0 Å². The van der Waals surface area contributed by atoms with Crippen molar-refractivity contribution in [1.82, 2.24) is 4.90 Å². The second kappa shape index (κ2) is 6.02. The summed E-state index contributed by atoms with van der Waals surface area (Å²) in [5.41, 5.74) is -0.0516. The zero-order chi connectivity index (χ0) is 15.6. The summed E-state index contributed by atoms with van der Waals surface area (Å²) < 4.78 is 13.3. The number of carboxylic acids is 1. The second-order valence-electron chi connectivity index (χ2n) is 6.42. The van der Waals surface area contributed by atoms with Crippen molar-refractivity contribution in [3.63, 3.8) is 0 Å². The summed E-state index contributed by atoms with van der Waals surface area (Å²) in [6.07, 6.45) is 1.83. The van der Waals surface area contributed by atoms with E-state index in [9.17, 15) is 19.4 Å². The lowest BCUT2D eigenvalue weighted by Crippen LogP contribution is -2.44. The summed E-state index contributed by atoms with van der Waals surface area (Å²) in [7, 11) is 0. The van der Waals surface area contributed by atoms with Crippen LogP contribution in [-0.2, 0) is 11.3 Å². The van der Waals surface area contributed by atoms with Crippen LogP contribution in [0.5, 0.6) is 5.75 Å². The first-order chi connectivity index (χ1) is 9.79. The van der Waals surface area contributed by atoms with Crippen LogP contribution < -0.4 is 0 Å². The van der Waals surface area contributed by atoms with Crippen LogP contribution in [0, 0.1) is 17.2 Å². The maximum absolute atomic E-state index is 13.3. The number of aromatic hydroxyl groups is 1. The number of benzene rings is 1. The molecule has 1 aromatic carbocycles. The fraction of sp³-hybridized carbons (Fsp3) is 0.562. The molecule has 1 unspecified atom stereocenters. The predicted octanol–water partition coefficient (Wildman–Crippen LogP) is 2.85. The quantitative estimate of drug-likeness (QED) is 0.896. The zero-order valence-electron chi connectivity index (χ0n) is 12.5. The number of halogens is 1. The van der Waals surface area contributed by atoms with Crippen LogP contribution in [0.2, 0.25) is 0 Å². The van der Waals surface area contributed by atoms with E-state index in [1.165, 1.54) is 6.07 Å². The number of hydrogen-bond donors (Lipinski definition) is 2. The van der Waals surface area contributed by atoms with Crippen LogP contribution in [0.25, 0.3) is 0 Å². The minimum atomic E-state index is -0.780. The van der Waals surface area contributed by atoms with Gasteiger partial charge in [0.2, 0.25) is 0 Å². The van der Waals surface area contributed by atoms with Gasteiger partial charge in [-0.3, -0.25) is 9.69 Å². The van der Waals surface area contributed by atoms with Crippen molar-refractivity contribution in [2.24, 2.45) is 11.3 Å². The third-order valence-corrected chi connectivity index (χ3v) is 4.43. The predicted molar refractivity (Wildman–Crippen MR) is 77.5 cm³/mol. The topological polar surface area (TPSA) is 60.8 Å². The molecule has 0 amide bonds. The van der Waals surface area contributed by atoms with E-state index in [4.69, 9.17) is 0 Å². The van der Waals surface area contributed by atoms with Crippen molar-refractivity contribution in [3.8, 4) is 5.75 Å². The molecule has 1 aliphatic heterocycles. The molecule has 1 atom stereocenters. The first kappa shape index (κ1) is 15.8. The molecule has 1 fully saturated rings. The van der Waals surface area contributed by atoms with Crippen molar-refractivity contribution in [2.45, 2.75) is 33.2 Å². The highest BCUT2D eigenvalue weighted by Crippen LogP contribution is 2.34. The fourth-order valence-corrected chi connectivity index (χ4v) is 2.95. The molecule has 4 nitrogen and oxygen atoms in total. The molecule has 2 rings (SSSR count). The van der Waals surface area contributed by atoms with E-state index in [2.05, 4.69) is 4.90 Å². The van der Waals surface area contributed by atoms with E-state index in [0.29, 0.717) is 18.7 Å². The maximum Gasteiger partial charge on any atom is 0.309 e. The van der Waals surface area contributed by atoms with Crippen LogP contribution >= 0.6 is 0 Å². The van der Waals surface area contributed by atoms with Gasteiger partial charge in [-0.25, -0.2) is 4.39 Å². The minimum absolute atomic E-state index is 0.0749. The normalized spacial score (nSPS) is 20.4. The minimum Gasteiger partial charge on any atom is -0.508 e. The molecule has 1 heterocycles. The largest absolute Gasteiger partial charge is 0.508 e. The monoisotopic (exact) mass is 295 g/mol. The van der Waals surface area contributed by atoms with Crippen molar-refractivity contribution in [3.05, 3.63) is 29.6 Å². The van der Waals surface area contributed by atoms with E-state index in [-0.39, 0.29) is 11.7 Å². The number of aliphatic carboxylic acids is 1. The Morgan fingerprint density at radius 1 is 1.43 bits per heavy atom. The van der Waals surface area contributed by atoms with Crippen LogP contribution in [-0.4, -0.2) is 34.2 Å². The van der Waals surface area contributed by atoms with Gasteiger partial charge in [-0.15, -0.1) is 0 Å². The van der Waals surface area contributed by atoms with Gasteiger partial charge < -0.3 is 10.2 Å². The number of carbonyl (C=O) groups is 1. The van der Waals surface area contributed by atoms with Gasteiger partial charge in [-0.2, -0.15) is 0 Å². The molecular weight excluding hydrogens is 273 g/mol. The summed E-state index contributed by atoms with van der Waals surface area (Å²) in [4.78, 5) is 13.5. The maximum atomic E-state index is 13.3. The van der Waals surface area contributed by atoms with E-state index in [1.54, 1.807) is 19.9 Å². The average Bonchev–Trinajstić information content (AvgIpc) is 2.37. The molecule has 0 radical (unpaired) electrons. The van der Waals surface area contributed by atoms with Crippen molar-refractivity contribution >= 4 is 5.97 Å². The number of phenols is 1. The summed E-state index contributed by atoms with van der Waals surface area (Å²) in [5.74, 6) is -1.24. The molecule has 2 N–H and O–H groups in total. The number of hydrogen-bond acceptors (Lipinski definition) is 3. The molecule has 21 heavy (non-hydrogen) atoms. The summed E-state index contributed by atoms with van der Waals surface area (Å²) in [6.45, 7) is 5.59. The number of piperidine rings is 1. The average molecular weight is 295 g/mol.